The Hall–Kier alpha value is -0.720. The van der Waals surface area contributed by atoms with Crippen LogP contribution in [0.15, 0.2) is 4.90 Å². The molecule has 1 aliphatic heterocycles. The number of hydrogen-bond acceptors (Lipinski definition) is 6. The van der Waals surface area contributed by atoms with Gasteiger partial charge in [0, 0.05) is 19.0 Å². The number of hydrogen-bond donors (Lipinski definition) is 2. The number of Topliss-reactive ketones (excluding diaryl/α,β-unsaturated/α-hetero) is 1. The van der Waals surface area contributed by atoms with Crippen molar-refractivity contribution in [2.45, 2.75) is 30.3 Å². The summed E-state index contributed by atoms with van der Waals surface area (Å²) in [4.78, 5) is 16.1. The van der Waals surface area contributed by atoms with Gasteiger partial charge in [-0.15, -0.1) is 23.1 Å². The lowest BCUT2D eigenvalue weighted by atomic mass is 10.2. The van der Waals surface area contributed by atoms with Gasteiger partial charge >= 0.3 is 0 Å². The van der Waals surface area contributed by atoms with Gasteiger partial charge in [-0.05, 0) is 25.5 Å². The molecule has 6 heteroatoms. The standard InChI is InChI=1S/C13H18N2O2S2/c1-18-12-9(14)11(10(17)7-2-3-7)19-13(12)15-5-4-8(16)6-15/h7-8,16H,2-6,14H2,1H3. The highest BCUT2D eigenvalue weighted by atomic mass is 32.2. The Morgan fingerprint density at radius 2 is 2.21 bits per heavy atom. The molecular formula is C13H18N2O2S2. The largest absolute Gasteiger partial charge is 0.396 e. The molecule has 104 valence electrons. The number of aliphatic hydroxyl groups is 1. The van der Waals surface area contributed by atoms with E-state index in [0.29, 0.717) is 12.2 Å². The van der Waals surface area contributed by atoms with Crippen LogP contribution in [0.3, 0.4) is 0 Å². The Morgan fingerprint density at radius 1 is 1.47 bits per heavy atom. The Kier molecular flexibility index (Phi) is 3.49. The topological polar surface area (TPSA) is 66.6 Å². The molecule has 0 bridgehead atoms. The lowest BCUT2D eigenvalue weighted by Gasteiger charge is -2.16. The summed E-state index contributed by atoms with van der Waals surface area (Å²) in [6.45, 7) is 1.48. The second-order valence-electron chi connectivity index (χ2n) is 5.21. The van der Waals surface area contributed by atoms with Gasteiger partial charge in [-0.3, -0.25) is 4.79 Å². The first-order valence-electron chi connectivity index (χ1n) is 6.55. The number of aliphatic hydroxyl groups excluding tert-OH is 1. The number of thioether (sulfide) groups is 1. The van der Waals surface area contributed by atoms with Crippen LogP contribution in [-0.2, 0) is 0 Å². The molecule has 1 aromatic heterocycles. The molecule has 1 saturated heterocycles. The van der Waals surface area contributed by atoms with E-state index in [2.05, 4.69) is 4.90 Å². The number of ketones is 1. The molecule has 1 aromatic rings. The van der Waals surface area contributed by atoms with E-state index in [1.807, 2.05) is 6.26 Å². The fraction of sp³-hybridized carbons (Fsp3) is 0.615. The normalized spacial score (nSPS) is 23.1. The maximum absolute atomic E-state index is 12.2. The SMILES string of the molecule is CSc1c(N2CCC(O)C2)sc(C(=O)C2CC2)c1N. The van der Waals surface area contributed by atoms with Gasteiger partial charge in [-0.2, -0.15) is 0 Å². The maximum atomic E-state index is 12.2. The molecular weight excluding hydrogens is 280 g/mol. The van der Waals surface area contributed by atoms with Crippen LogP contribution in [0.4, 0.5) is 10.7 Å². The monoisotopic (exact) mass is 298 g/mol. The summed E-state index contributed by atoms with van der Waals surface area (Å²) in [7, 11) is 0. The number of nitrogens with zero attached hydrogens (tertiary/aromatic N) is 1. The Bertz CT molecular complexity index is 511. The summed E-state index contributed by atoms with van der Waals surface area (Å²) in [5.41, 5.74) is 6.81. The van der Waals surface area contributed by atoms with E-state index < -0.39 is 0 Å². The third-order valence-corrected chi connectivity index (χ3v) is 5.94. The molecule has 19 heavy (non-hydrogen) atoms. The van der Waals surface area contributed by atoms with E-state index in [0.717, 1.165) is 40.6 Å². The van der Waals surface area contributed by atoms with Crippen molar-refractivity contribution in [3.8, 4) is 0 Å². The second-order valence-corrected chi connectivity index (χ2v) is 7.03. The molecule has 0 radical (unpaired) electrons. The lowest BCUT2D eigenvalue weighted by Crippen LogP contribution is -2.20. The predicted molar refractivity (Wildman–Crippen MR) is 80.4 cm³/mol. The van der Waals surface area contributed by atoms with Crippen molar-refractivity contribution in [1.29, 1.82) is 0 Å². The van der Waals surface area contributed by atoms with Crippen LogP contribution >= 0.6 is 23.1 Å². The first-order chi connectivity index (χ1) is 9.11. The van der Waals surface area contributed by atoms with Gasteiger partial charge in [0.15, 0.2) is 5.78 Å². The molecule has 0 amide bonds. The van der Waals surface area contributed by atoms with Gasteiger partial charge in [-0.25, -0.2) is 0 Å². The molecule has 4 nitrogen and oxygen atoms in total. The summed E-state index contributed by atoms with van der Waals surface area (Å²) in [6, 6.07) is 0. The zero-order chi connectivity index (χ0) is 13.6. The number of thiophene rings is 1. The molecule has 3 N–H and O–H groups in total. The summed E-state index contributed by atoms with van der Waals surface area (Å²) in [6.07, 6.45) is 4.52. The van der Waals surface area contributed by atoms with Crippen molar-refractivity contribution in [3.63, 3.8) is 0 Å². The predicted octanol–water partition coefficient (Wildman–Crippen LogP) is 2.22. The fourth-order valence-corrected chi connectivity index (χ4v) is 4.70. The summed E-state index contributed by atoms with van der Waals surface area (Å²) in [5, 5.41) is 10.7. The zero-order valence-electron chi connectivity index (χ0n) is 10.9. The number of nitrogen functional groups attached to an aromatic ring is 1. The van der Waals surface area contributed by atoms with Crippen molar-refractivity contribution in [2.75, 3.05) is 30.0 Å². The van der Waals surface area contributed by atoms with E-state index in [9.17, 15) is 9.90 Å². The molecule has 1 saturated carbocycles. The first kappa shape index (κ1) is 13.3. The molecule has 1 unspecified atom stereocenters. The number of rotatable bonds is 4. The lowest BCUT2D eigenvalue weighted by molar-refractivity contribution is 0.0972. The highest BCUT2D eigenvalue weighted by Gasteiger charge is 2.35. The maximum Gasteiger partial charge on any atom is 0.178 e. The fourth-order valence-electron chi connectivity index (χ4n) is 2.46. The van der Waals surface area contributed by atoms with Crippen LogP contribution in [-0.4, -0.2) is 36.3 Å². The number of nitrogens with two attached hydrogens (primary N) is 1. The number of carbonyl (C=O) groups is 1. The minimum Gasteiger partial charge on any atom is -0.396 e. The number of carbonyl (C=O) groups excluding carboxylic acids is 1. The number of β-amino-alcohol motifs (C(OH)–C–C–N with tert-alkyl or cyclic N) is 1. The highest BCUT2D eigenvalue weighted by molar-refractivity contribution is 7.99. The summed E-state index contributed by atoms with van der Waals surface area (Å²) >= 11 is 3.10. The van der Waals surface area contributed by atoms with Crippen molar-refractivity contribution in [1.82, 2.24) is 0 Å². The second kappa shape index (κ2) is 5.00. The molecule has 0 spiro atoms. The Labute approximate surface area is 121 Å². The minimum absolute atomic E-state index is 0.202. The van der Waals surface area contributed by atoms with Crippen LogP contribution in [0.25, 0.3) is 0 Å². The van der Waals surface area contributed by atoms with E-state index in [1.165, 1.54) is 11.3 Å². The third kappa shape index (κ3) is 2.37. The molecule has 0 aromatic carbocycles. The van der Waals surface area contributed by atoms with Gasteiger partial charge in [0.25, 0.3) is 0 Å². The van der Waals surface area contributed by atoms with Crippen LogP contribution < -0.4 is 10.6 Å². The Balaban J connectivity index is 1.94. The van der Waals surface area contributed by atoms with Crippen molar-refractivity contribution < 1.29 is 9.90 Å². The van der Waals surface area contributed by atoms with E-state index in [4.69, 9.17) is 5.73 Å². The molecule has 3 rings (SSSR count). The van der Waals surface area contributed by atoms with Crippen molar-refractivity contribution in [2.24, 2.45) is 5.92 Å². The van der Waals surface area contributed by atoms with Gasteiger partial charge < -0.3 is 15.7 Å². The van der Waals surface area contributed by atoms with Crippen LogP contribution in [0, 0.1) is 5.92 Å². The van der Waals surface area contributed by atoms with Gasteiger partial charge in [0.2, 0.25) is 0 Å². The first-order valence-corrected chi connectivity index (χ1v) is 8.59. The Morgan fingerprint density at radius 3 is 2.74 bits per heavy atom. The molecule has 1 atom stereocenters. The van der Waals surface area contributed by atoms with Crippen LogP contribution in [0.2, 0.25) is 0 Å². The van der Waals surface area contributed by atoms with E-state index in [-0.39, 0.29) is 17.8 Å². The average Bonchev–Trinajstić information content (AvgIpc) is 3.07. The smallest absolute Gasteiger partial charge is 0.178 e. The molecule has 2 aliphatic rings. The third-order valence-electron chi connectivity index (χ3n) is 3.71. The minimum atomic E-state index is -0.263. The summed E-state index contributed by atoms with van der Waals surface area (Å²) in [5.74, 6) is 0.413. The highest BCUT2D eigenvalue weighted by Crippen LogP contribution is 2.47. The number of anilines is 2. The van der Waals surface area contributed by atoms with Crippen molar-refractivity contribution in [3.05, 3.63) is 4.88 Å². The van der Waals surface area contributed by atoms with E-state index >= 15 is 0 Å². The van der Waals surface area contributed by atoms with E-state index in [1.54, 1.807) is 11.8 Å². The zero-order valence-corrected chi connectivity index (χ0v) is 12.5. The van der Waals surface area contributed by atoms with Crippen LogP contribution in [0.1, 0.15) is 28.9 Å². The van der Waals surface area contributed by atoms with Crippen molar-refractivity contribution >= 4 is 39.6 Å². The van der Waals surface area contributed by atoms with Gasteiger partial charge in [-0.1, -0.05) is 0 Å². The van der Waals surface area contributed by atoms with Gasteiger partial charge in [0.1, 0.15) is 5.00 Å². The molecule has 1 aliphatic carbocycles. The molecule has 2 fully saturated rings. The van der Waals surface area contributed by atoms with Crippen LogP contribution in [0.5, 0.6) is 0 Å². The molecule has 2 heterocycles. The average molecular weight is 298 g/mol. The van der Waals surface area contributed by atoms with Gasteiger partial charge in [0.05, 0.1) is 21.6 Å². The summed E-state index contributed by atoms with van der Waals surface area (Å²) < 4.78 is 0. The quantitative estimate of drug-likeness (QED) is 0.659.